The van der Waals surface area contributed by atoms with Gasteiger partial charge in [0.15, 0.2) is 0 Å². The quantitative estimate of drug-likeness (QED) is 0.459. The molecule has 0 aromatic heterocycles. The van der Waals surface area contributed by atoms with Gasteiger partial charge in [0.1, 0.15) is 0 Å². The SMILES string of the molecule is [Co].[Mn].[Si].[V]. The minimum absolute atomic E-state index is 0. The maximum Gasteiger partial charge on any atom is 0 e. The first-order valence-electron chi connectivity index (χ1n) is 0. The van der Waals surface area contributed by atoms with Crippen LogP contribution in [-0.4, -0.2) is 11.0 Å². The molecule has 0 atom stereocenters. The van der Waals surface area contributed by atoms with Gasteiger partial charge in [-0.1, -0.05) is 0 Å². The molecule has 0 spiro atoms. The molecule has 0 aliphatic carbocycles. The van der Waals surface area contributed by atoms with Gasteiger partial charge in [0, 0.05) is 63.4 Å². The first kappa shape index (κ1) is 40.7. The van der Waals surface area contributed by atoms with E-state index in [2.05, 4.69) is 0 Å². The second-order valence-electron chi connectivity index (χ2n) is 0. The normalized spacial score (nSPS) is 0. The third-order valence-electron chi connectivity index (χ3n) is 0. The van der Waals surface area contributed by atoms with Crippen molar-refractivity contribution in [3.63, 3.8) is 0 Å². The fourth-order valence-electron chi connectivity index (χ4n) is 0. The van der Waals surface area contributed by atoms with Crippen LogP contribution >= 0.6 is 0 Å². The molecule has 0 aliphatic heterocycles. The first-order valence-corrected chi connectivity index (χ1v) is 0. The molecule has 0 bridgehead atoms. The molecule has 0 N–H and O–H groups in total. The summed E-state index contributed by atoms with van der Waals surface area (Å²) in [6.07, 6.45) is 0. The van der Waals surface area contributed by atoms with Crippen LogP contribution in [-0.2, 0) is 52.4 Å². The van der Waals surface area contributed by atoms with Gasteiger partial charge in [-0.15, -0.1) is 0 Å². The zero-order valence-corrected chi connectivity index (χ0v) is 6.28. The first-order chi connectivity index (χ1) is 0. The summed E-state index contributed by atoms with van der Waals surface area (Å²) in [5.41, 5.74) is 0. The molecule has 0 rings (SSSR count). The average molecular weight is 193 g/mol. The molecule has 0 heterocycles. The van der Waals surface area contributed by atoms with E-state index in [9.17, 15) is 0 Å². The minimum atomic E-state index is 0. The summed E-state index contributed by atoms with van der Waals surface area (Å²) in [6.45, 7) is 0. The Morgan fingerprint density at radius 3 is 1.00 bits per heavy atom. The largest absolute Gasteiger partial charge is 0 e. The second-order valence-corrected chi connectivity index (χ2v) is 0. The molecule has 4 heavy (non-hydrogen) atoms. The zero-order valence-electron chi connectivity index (χ0n) is 1.66. The van der Waals surface area contributed by atoms with Crippen molar-refractivity contribution in [3.05, 3.63) is 0 Å². The molecule has 0 unspecified atom stereocenters. The van der Waals surface area contributed by atoms with Crippen molar-refractivity contribution in [1.29, 1.82) is 0 Å². The van der Waals surface area contributed by atoms with Crippen LogP contribution < -0.4 is 0 Å². The van der Waals surface area contributed by atoms with E-state index in [1.54, 1.807) is 0 Å². The standard InChI is InChI=1S/Co.Mn.Si.V. The van der Waals surface area contributed by atoms with Crippen LogP contribution in [0.25, 0.3) is 0 Å². The van der Waals surface area contributed by atoms with E-state index in [0.29, 0.717) is 0 Å². The Morgan fingerprint density at radius 2 is 1.00 bits per heavy atom. The molecule has 0 aromatic rings. The van der Waals surface area contributed by atoms with E-state index in [1.165, 1.54) is 0 Å². The van der Waals surface area contributed by atoms with Gasteiger partial charge in [-0.05, 0) is 0 Å². The van der Waals surface area contributed by atoms with Gasteiger partial charge in [-0.3, -0.25) is 0 Å². The van der Waals surface area contributed by atoms with Crippen molar-refractivity contribution < 1.29 is 52.4 Å². The molecular weight excluding hydrogens is 193 g/mol. The molecule has 4 heteroatoms. The van der Waals surface area contributed by atoms with Crippen molar-refractivity contribution in [2.24, 2.45) is 0 Å². The number of rotatable bonds is 0. The fraction of sp³-hybridized carbons (Fsp3) is 0. The van der Waals surface area contributed by atoms with Crippen LogP contribution in [0.5, 0.6) is 0 Å². The van der Waals surface area contributed by atoms with E-state index in [-0.39, 0.29) is 63.4 Å². The van der Waals surface area contributed by atoms with E-state index in [1.807, 2.05) is 0 Å². The summed E-state index contributed by atoms with van der Waals surface area (Å²) in [4.78, 5) is 0. The monoisotopic (exact) mass is 193 g/mol. The zero-order chi connectivity index (χ0) is 0. The summed E-state index contributed by atoms with van der Waals surface area (Å²) in [7, 11) is 0. The van der Waals surface area contributed by atoms with Crippen molar-refractivity contribution in [2.75, 3.05) is 0 Å². The molecule has 0 aliphatic rings. The van der Waals surface area contributed by atoms with Crippen LogP contribution in [0.15, 0.2) is 0 Å². The Bertz CT molecular complexity index is 8.00. The van der Waals surface area contributed by atoms with Crippen LogP contribution in [0.2, 0.25) is 0 Å². The summed E-state index contributed by atoms with van der Waals surface area (Å²) >= 11 is 0. The van der Waals surface area contributed by atoms with Gasteiger partial charge in [0.05, 0.1) is 0 Å². The van der Waals surface area contributed by atoms with Crippen molar-refractivity contribution in [1.82, 2.24) is 0 Å². The molecule has 0 aromatic carbocycles. The van der Waals surface area contributed by atoms with Gasteiger partial charge < -0.3 is 0 Å². The maximum atomic E-state index is 0. The Kier molecular flexibility index (Phi) is 215. The van der Waals surface area contributed by atoms with Crippen molar-refractivity contribution >= 4 is 11.0 Å². The van der Waals surface area contributed by atoms with Crippen LogP contribution in [0.4, 0.5) is 0 Å². The number of hydrogen-bond donors (Lipinski definition) is 0. The van der Waals surface area contributed by atoms with Gasteiger partial charge in [-0.25, -0.2) is 0 Å². The third-order valence-corrected chi connectivity index (χ3v) is 0. The topological polar surface area (TPSA) is 0 Å². The van der Waals surface area contributed by atoms with Gasteiger partial charge in [0.25, 0.3) is 0 Å². The van der Waals surface area contributed by atoms with Crippen LogP contribution in [0.3, 0.4) is 0 Å². The van der Waals surface area contributed by atoms with Crippen molar-refractivity contribution in [3.8, 4) is 0 Å². The van der Waals surface area contributed by atoms with E-state index >= 15 is 0 Å². The summed E-state index contributed by atoms with van der Waals surface area (Å²) in [5.74, 6) is 0. The van der Waals surface area contributed by atoms with E-state index in [4.69, 9.17) is 0 Å². The second kappa shape index (κ2) is 21.2. The predicted molar refractivity (Wildman–Crippen MR) is 5.75 cm³/mol. The fourth-order valence-corrected chi connectivity index (χ4v) is 0. The Labute approximate surface area is 63.1 Å². The van der Waals surface area contributed by atoms with Gasteiger partial charge in [0.2, 0.25) is 0 Å². The molecule has 25 valence electrons. The van der Waals surface area contributed by atoms with E-state index in [0.717, 1.165) is 0 Å². The molecule has 0 fully saturated rings. The maximum absolute atomic E-state index is 0. The Morgan fingerprint density at radius 1 is 1.00 bits per heavy atom. The van der Waals surface area contributed by atoms with Crippen molar-refractivity contribution in [2.45, 2.75) is 0 Å². The molecule has 0 saturated heterocycles. The average Bonchev–Trinajstić information content (AvgIpc) is 0. The smallest absolute Gasteiger partial charge is 0 e. The molecule has 0 amide bonds. The number of hydrogen-bond acceptors (Lipinski definition) is 0. The molecule has 0 saturated carbocycles. The van der Waals surface area contributed by atoms with Crippen LogP contribution in [0.1, 0.15) is 0 Å². The Balaban J connectivity index is 0. The summed E-state index contributed by atoms with van der Waals surface area (Å²) < 4.78 is 0. The predicted octanol–water partition coefficient (Wildman–Crippen LogP) is -0.388. The van der Waals surface area contributed by atoms with E-state index < -0.39 is 0 Å². The minimum Gasteiger partial charge on any atom is 0 e. The Hall–Kier alpha value is 1.83. The van der Waals surface area contributed by atoms with Gasteiger partial charge >= 0.3 is 0 Å². The third kappa shape index (κ3) is 9.16. The molecule has 0 nitrogen and oxygen atoms in total. The molecular formula is CoMnSiV. The van der Waals surface area contributed by atoms with Crippen LogP contribution in [0, 0.1) is 0 Å². The van der Waals surface area contributed by atoms with Gasteiger partial charge in [-0.2, -0.15) is 0 Å². The summed E-state index contributed by atoms with van der Waals surface area (Å²) in [5, 5.41) is 0. The summed E-state index contributed by atoms with van der Waals surface area (Å²) in [6, 6.07) is 0. The molecule has 7 radical (unpaired) electrons.